The van der Waals surface area contributed by atoms with Gasteiger partial charge in [0, 0.05) is 26.2 Å². The predicted molar refractivity (Wildman–Crippen MR) is 71.7 cm³/mol. The van der Waals surface area contributed by atoms with Gasteiger partial charge >= 0.3 is 0 Å². The number of nitrogens with zero attached hydrogens (tertiary/aromatic N) is 3. The normalized spacial score (nSPS) is 17.9. The highest BCUT2D eigenvalue weighted by molar-refractivity contribution is 7.88. The van der Waals surface area contributed by atoms with E-state index in [1.165, 1.54) is 10.6 Å². The second-order valence-electron chi connectivity index (χ2n) is 4.29. The molecule has 0 atom stereocenters. The van der Waals surface area contributed by atoms with Gasteiger partial charge in [-0.05, 0) is 12.1 Å². The summed E-state index contributed by atoms with van der Waals surface area (Å²) >= 11 is 0. The first kappa shape index (κ1) is 12.9. The van der Waals surface area contributed by atoms with Crippen LogP contribution in [0.15, 0.2) is 12.1 Å². The van der Waals surface area contributed by atoms with Gasteiger partial charge in [-0.2, -0.15) is 4.31 Å². The average Bonchev–Trinajstić information content (AvgIpc) is 2.32. The Morgan fingerprint density at radius 2 is 1.78 bits per heavy atom. The zero-order chi connectivity index (χ0) is 13.3. The van der Waals surface area contributed by atoms with E-state index in [1.807, 2.05) is 4.90 Å². The van der Waals surface area contributed by atoms with Crippen LogP contribution < -0.4 is 16.4 Å². The number of nitrogens with two attached hydrogens (primary N) is 2. The van der Waals surface area contributed by atoms with Crippen molar-refractivity contribution in [2.75, 3.05) is 48.8 Å². The molecule has 4 N–H and O–H groups in total. The summed E-state index contributed by atoms with van der Waals surface area (Å²) in [7, 11) is -3.10. The molecule has 7 nitrogen and oxygen atoms in total. The molecule has 0 aromatic carbocycles. The lowest BCUT2D eigenvalue weighted by Gasteiger charge is -2.34. The van der Waals surface area contributed by atoms with Gasteiger partial charge in [-0.15, -0.1) is 0 Å². The number of piperazine rings is 1. The minimum atomic E-state index is -3.10. The summed E-state index contributed by atoms with van der Waals surface area (Å²) in [6.45, 7) is 2.13. The molecule has 1 fully saturated rings. The number of pyridine rings is 1. The summed E-state index contributed by atoms with van der Waals surface area (Å²) in [6.07, 6.45) is 1.22. The molecule has 2 rings (SSSR count). The van der Waals surface area contributed by atoms with E-state index in [1.54, 1.807) is 12.1 Å². The van der Waals surface area contributed by atoms with Gasteiger partial charge in [0.2, 0.25) is 10.0 Å². The lowest BCUT2D eigenvalue weighted by molar-refractivity contribution is 0.387. The van der Waals surface area contributed by atoms with Gasteiger partial charge in [-0.25, -0.2) is 13.4 Å². The van der Waals surface area contributed by atoms with E-state index < -0.39 is 10.0 Å². The van der Waals surface area contributed by atoms with E-state index in [9.17, 15) is 8.42 Å². The van der Waals surface area contributed by atoms with Crippen molar-refractivity contribution in [3.8, 4) is 0 Å². The lowest BCUT2D eigenvalue weighted by Crippen LogP contribution is -2.48. The molecule has 0 aliphatic carbocycles. The van der Waals surface area contributed by atoms with E-state index in [2.05, 4.69) is 4.98 Å². The van der Waals surface area contributed by atoms with Crippen molar-refractivity contribution >= 4 is 27.3 Å². The molecule has 2 heterocycles. The van der Waals surface area contributed by atoms with E-state index in [4.69, 9.17) is 11.5 Å². The number of sulfonamides is 1. The minimum absolute atomic E-state index is 0.304. The van der Waals surface area contributed by atoms with Gasteiger partial charge in [0.25, 0.3) is 0 Å². The van der Waals surface area contributed by atoms with Gasteiger partial charge in [-0.1, -0.05) is 0 Å². The van der Waals surface area contributed by atoms with Crippen molar-refractivity contribution in [1.29, 1.82) is 0 Å². The van der Waals surface area contributed by atoms with Crippen LogP contribution in [0, 0.1) is 0 Å². The molecule has 0 amide bonds. The number of rotatable bonds is 2. The number of aromatic nitrogens is 1. The first-order chi connectivity index (χ1) is 8.38. The molecule has 8 heteroatoms. The summed E-state index contributed by atoms with van der Waals surface area (Å²) in [5.41, 5.74) is 11.7. The van der Waals surface area contributed by atoms with Gasteiger partial charge in [0.15, 0.2) is 0 Å². The Kier molecular flexibility index (Phi) is 3.31. The summed E-state index contributed by atoms with van der Waals surface area (Å²) in [5, 5.41) is 0. The standard InChI is InChI=1S/C10H17N5O2S/c1-18(16,17)15-6-4-14(5-7-15)9-3-2-8(11)10(12)13-9/h2-3H,4-7,11H2,1H3,(H2,12,13). The summed E-state index contributed by atoms with van der Waals surface area (Å²) in [6, 6.07) is 3.50. The first-order valence-corrected chi connectivity index (χ1v) is 7.45. The van der Waals surface area contributed by atoms with Gasteiger partial charge in [0.05, 0.1) is 11.9 Å². The topological polar surface area (TPSA) is 106 Å². The molecule has 100 valence electrons. The van der Waals surface area contributed by atoms with Crippen LogP contribution >= 0.6 is 0 Å². The maximum atomic E-state index is 11.4. The highest BCUT2D eigenvalue weighted by Gasteiger charge is 2.24. The molecule has 1 saturated heterocycles. The molecule has 18 heavy (non-hydrogen) atoms. The van der Waals surface area contributed by atoms with Crippen molar-refractivity contribution in [3.05, 3.63) is 12.1 Å². The van der Waals surface area contributed by atoms with Crippen LogP contribution in [0.3, 0.4) is 0 Å². The Morgan fingerprint density at radius 3 is 2.28 bits per heavy atom. The van der Waals surface area contributed by atoms with Gasteiger partial charge < -0.3 is 16.4 Å². The highest BCUT2D eigenvalue weighted by Crippen LogP contribution is 2.20. The molecule has 1 aromatic rings. The van der Waals surface area contributed by atoms with Crippen LogP contribution in [-0.4, -0.2) is 50.1 Å². The maximum absolute atomic E-state index is 11.4. The Hall–Kier alpha value is -1.54. The predicted octanol–water partition coefficient (Wildman–Crippen LogP) is -0.672. The first-order valence-electron chi connectivity index (χ1n) is 5.60. The quantitative estimate of drug-likeness (QED) is 0.739. The number of anilines is 3. The van der Waals surface area contributed by atoms with Crippen molar-refractivity contribution < 1.29 is 8.42 Å². The lowest BCUT2D eigenvalue weighted by atomic mass is 10.3. The molecule has 1 aromatic heterocycles. The molecule has 1 aliphatic heterocycles. The van der Waals surface area contributed by atoms with Crippen molar-refractivity contribution in [1.82, 2.24) is 9.29 Å². The Labute approximate surface area is 106 Å². The highest BCUT2D eigenvalue weighted by atomic mass is 32.2. The third-order valence-corrected chi connectivity index (χ3v) is 4.28. The fraction of sp³-hybridized carbons (Fsp3) is 0.500. The Bertz CT molecular complexity index is 537. The summed E-state index contributed by atoms with van der Waals surface area (Å²) in [5.74, 6) is 1.04. The maximum Gasteiger partial charge on any atom is 0.211 e. The second-order valence-corrected chi connectivity index (χ2v) is 6.28. The molecule has 0 unspecified atom stereocenters. The Morgan fingerprint density at radius 1 is 1.17 bits per heavy atom. The van der Waals surface area contributed by atoms with Gasteiger partial charge in [-0.3, -0.25) is 0 Å². The van der Waals surface area contributed by atoms with Crippen molar-refractivity contribution in [3.63, 3.8) is 0 Å². The molecular formula is C10H17N5O2S. The van der Waals surface area contributed by atoms with E-state index in [-0.39, 0.29) is 0 Å². The van der Waals surface area contributed by atoms with Gasteiger partial charge in [0.1, 0.15) is 11.6 Å². The van der Waals surface area contributed by atoms with Crippen LogP contribution in [0.25, 0.3) is 0 Å². The van der Waals surface area contributed by atoms with Crippen molar-refractivity contribution in [2.45, 2.75) is 0 Å². The Balaban J connectivity index is 2.08. The van der Waals surface area contributed by atoms with Crippen LogP contribution in [0.4, 0.5) is 17.3 Å². The number of hydrogen-bond donors (Lipinski definition) is 2. The molecular weight excluding hydrogens is 254 g/mol. The zero-order valence-corrected chi connectivity index (χ0v) is 11.0. The minimum Gasteiger partial charge on any atom is -0.396 e. The van der Waals surface area contributed by atoms with Crippen LogP contribution in [0.5, 0.6) is 0 Å². The summed E-state index contributed by atoms with van der Waals surface area (Å²) < 4.78 is 24.2. The smallest absolute Gasteiger partial charge is 0.211 e. The van der Waals surface area contributed by atoms with E-state index in [0.717, 1.165) is 5.82 Å². The molecule has 0 saturated carbocycles. The third kappa shape index (κ3) is 2.65. The monoisotopic (exact) mass is 271 g/mol. The fourth-order valence-corrected chi connectivity index (χ4v) is 2.73. The SMILES string of the molecule is CS(=O)(=O)N1CCN(c2ccc(N)c(N)n2)CC1. The molecule has 0 radical (unpaired) electrons. The summed E-state index contributed by atoms with van der Waals surface area (Å²) in [4.78, 5) is 6.19. The van der Waals surface area contributed by atoms with Crippen LogP contribution in [-0.2, 0) is 10.0 Å². The average molecular weight is 271 g/mol. The van der Waals surface area contributed by atoms with Crippen LogP contribution in [0.2, 0.25) is 0 Å². The largest absolute Gasteiger partial charge is 0.396 e. The van der Waals surface area contributed by atoms with Crippen molar-refractivity contribution in [2.24, 2.45) is 0 Å². The zero-order valence-electron chi connectivity index (χ0n) is 10.2. The van der Waals surface area contributed by atoms with E-state index >= 15 is 0 Å². The number of hydrogen-bond acceptors (Lipinski definition) is 6. The second kappa shape index (κ2) is 4.62. The third-order valence-electron chi connectivity index (χ3n) is 2.97. The molecule has 1 aliphatic rings. The van der Waals surface area contributed by atoms with Crippen LogP contribution in [0.1, 0.15) is 0 Å². The fourth-order valence-electron chi connectivity index (χ4n) is 1.90. The number of nitrogen functional groups attached to an aromatic ring is 2. The molecule has 0 bridgehead atoms. The molecule has 0 spiro atoms. The van der Waals surface area contributed by atoms with E-state index in [0.29, 0.717) is 37.7 Å².